The lowest BCUT2D eigenvalue weighted by atomic mass is 10.1. The first-order chi connectivity index (χ1) is 9.19. The number of hydrogen-bond donors (Lipinski definition) is 0. The first-order valence-electron chi connectivity index (χ1n) is 6.17. The Morgan fingerprint density at radius 2 is 1.95 bits per heavy atom. The molecule has 0 saturated carbocycles. The van der Waals surface area contributed by atoms with Crippen LogP contribution in [0.1, 0.15) is 22.8 Å². The van der Waals surface area contributed by atoms with Crippen LogP contribution in [0.15, 0.2) is 48.5 Å². The Hall–Kier alpha value is -0.830. The van der Waals surface area contributed by atoms with Gasteiger partial charge < -0.3 is 4.74 Å². The van der Waals surface area contributed by atoms with E-state index in [0.29, 0.717) is 6.61 Å². The Kier molecular flexibility index (Phi) is 5.44. The number of rotatable bonds is 5. The quantitative estimate of drug-likeness (QED) is 0.672. The van der Waals surface area contributed by atoms with E-state index >= 15 is 0 Å². The lowest BCUT2D eigenvalue weighted by Gasteiger charge is -2.16. The second-order valence-corrected chi connectivity index (χ2v) is 5.58. The largest absolute Gasteiger partial charge is 0.368 e. The Labute approximate surface area is 127 Å². The first kappa shape index (κ1) is 14.6. The molecule has 0 fully saturated rings. The van der Waals surface area contributed by atoms with Crippen molar-refractivity contribution in [3.63, 3.8) is 0 Å². The normalized spacial score (nSPS) is 12.4. The second kappa shape index (κ2) is 7.09. The Balaban J connectivity index is 2.04. The zero-order valence-corrected chi connectivity index (χ0v) is 13.1. The number of alkyl halides is 1. The van der Waals surface area contributed by atoms with Crippen molar-refractivity contribution in [3.8, 4) is 0 Å². The Morgan fingerprint density at radius 1 is 1.16 bits per heavy atom. The van der Waals surface area contributed by atoms with Crippen LogP contribution in [-0.4, -0.2) is 5.33 Å². The number of halogens is 2. The minimum atomic E-state index is 0.0545. The molecular formula is C16H16BrClO. The summed E-state index contributed by atoms with van der Waals surface area (Å²) in [6.45, 7) is 2.65. The van der Waals surface area contributed by atoms with Crippen LogP contribution in [0.2, 0.25) is 5.02 Å². The molecular weight excluding hydrogens is 324 g/mol. The van der Waals surface area contributed by atoms with Crippen LogP contribution in [-0.2, 0) is 11.3 Å². The molecule has 19 heavy (non-hydrogen) atoms. The van der Waals surface area contributed by atoms with E-state index in [1.165, 1.54) is 11.1 Å². The van der Waals surface area contributed by atoms with Crippen LogP contribution in [0.25, 0.3) is 0 Å². The fraction of sp³-hybridized carbons (Fsp3) is 0.250. The summed E-state index contributed by atoms with van der Waals surface area (Å²) in [7, 11) is 0. The molecule has 0 amide bonds. The van der Waals surface area contributed by atoms with E-state index in [-0.39, 0.29) is 6.10 Å². The SMILES string of the molecule is Cc1cccc(C(CBr)OCc2cccc(Cl)c2)c1. The smallest absolute Gasteiger partial charge is 0.0926 e. The molecule has 0 saturated heterocycles. The van der Waals surface area contributed by atoms with Gasteiger partial charge >= 0.3 is 0 Å². The van der Waals surface area contributed by atoms with Gasteiger partial charge in [-0.2, -0.15) is 0 Å². The summed E-state index contributed by atoms with van der Waals surface area (Å²) in [6.07, 6.45) is 0.0545. The number of aryl methyl sites for hydroxylation is 1. The molecule has 0 aliphatic heterocycles. The van der Waals surface area contributed by atoms with Crippen LogP contribution in [0.5, 0.6) is 0 Å². The highest BCUT2D eigenvalue weighted by Crippen LogP contribution is 2.23. The molecule has 0 radical (unpaired) electrons. The molecule has 1 nitrogen and oxygen atoms in total. The molecule has 100 valence electrons. The lowest BCUT2D eigenvalue weighted by molar-refractivity contribution is 0.0566. The minimum Gasteiger partial charge on any atom is -0.368 e. The van der Waals surface area contributed by atoms with Gasteiger partial charge in [0.25, 0.3) is 0 Å². The predicted molar refractivity (Wildman–Crippen MR) is 84.0 cm³/mol. The van der Waals surface area contributed by atoms with Gasteiger partial charge in [0.2, 0.25) is 0 Å². The molecule has 2 rings (SSSR count). The van der Waals surface area contributed by atoms with Crippen LogP contribution in [0.4, 0.5) is 0 Å². The Bertz CT molecular complexity index is 542. The van der Waals surface area contributed by atoms with Crippen LogP contribution in [0.3, 0.4) is 0 Å². The van der Waals surface area contributed by atoms with Gasteiger partial charge in [-0.25, -0.2) is 0 Å². The highest BCUT2D eigenvalue weighted by atomic mass is 79.9. The monoisotopic (exact) mass is 338 g/mol. The summed E-state index contributed by atoms with van der Waals surface area (Å²) >= 11 is 9.48. The summed E-state index contributed by atoms with van der Waals surface area (Å²) in [5.74, 6) is 0. The van der Waals surface area contributed by atoms with E-state index in [1.807, 2.05) is 24.3 Å². The van der Waals surface area contributed by atoms with Gasteiger partial charge in [0, 0.05) is 10.4 Å². The Morgan fingerprint density at radius 3 is 2.63 bits per heavy atom. The van der Waals surface area contributed by atoms with Crippen LogP contribution in [0, 0.1) is 6.92 Å². The number of hydrogen-bond acceptors (Lipinski definition) is 1. The highest BCUT2D eigenvalue weighted by molar-refractivity contribution is 9.09. The molecule has 0 heterocycles. The van der Waals surface area contributed by atoms with Crippen LogP contribution < -0.4 is 0 Å². The average Bonchev–Trinajstić information content (AvgIpc) is 2.40. The van der Waals surface area contributed by atoms with Crippen molar-refractivity contribution in [2.24, 2.45) is 0 Å². The predicted octanol–water partition coefficient (Wildman–Crippen LogP) is 5.30. The maximum absolute atomic E-state index is 5.97. The molecule has 0 aromatic heterocycles. The van der Waals surface area contributed by atoms with Gasteiger partial charge in [0.15, 0.2) is 0 Å². The van der Waals surface area contributed by atoms with E-state index < -0.39 is 0 Å². The number of benzene rings is 2. The van der Waals surface area contributed by atoms with Gasteiger partial charge in [-0.15, -0.1) is 0 Å². The van der Waals surface area contributed by atoms with Crippen molar-refractivity contribution in [2.45, 2.75) is 19.6 Å². The zero-order valence-electron chi connectivity index (χ0n) is 10.8. The highest BCUT2D eigenvalue weighted by Gasteiger charge is 2.10. The van der Waals surface area contributed by atoms with E-state index in [2.05, 4.69) is 47.1 Å². The molecule has 0 aliphatic rings. The molecule has 3 heteroatoms. The summed E-state index contributed by atoms with van der Waals surface area (Å²) in [6, 6.07) is 16.2. The molecule has 0 spiro atoms. The average molecular weight is 340 g/mol. The third-order valence-electron chi connectivity index (χ3n) is 2.89. The minimum absolute atomic E-state index is 0.0545. The number of ether oxygens (including phenoxy) is 1. The summed E-state index contributed by atoms with van der Waals surface area (Å²) in [4.78, 5) is 0. The van der Waals surface area contributed by atoms with Gasteiger partial charge in [0.05, 0.1) is 12.7 Å². The van der Waals surface area contributed by atoms with Gasteiger partial charge in [-0.1, -0.05) is 69.5 Å². The van der Waals surface area contributed by atoms with E-state index in [1.54, 1.807) is 0 Å². The molecule has 0 aliphatic carbocycles. The van der Waals surface area contributed by atoms with E-state index in [9.17, 15) is 0 Å². The van der Waals surface area contributed by atoms with Crippen molar-refractivity contribution < 1.29 is 4.74 Å². The zero-order chi connectivity index (χ0) is 13.7. The summed E-state index contributed by atoms with van der Waals surface area (Å²) < 4.78 is 5.97. The van der Waals surface area contributed by atoms with Gasteiger partial charge in [0.1, 0.15) is 0 Å². The fourth-order valence-electron chi connectivity index (χ4n) is 1.92. The molecule has 1 unspecified atom stereocenters. The lowest BCUT2D eigenvalue weighted by Crippen LogP contribution is -2.06. The summed E-state index contributed by atoms with van der Waals surface area (Å²) in [5.41, 5.74) is 3.53. The first-order valence-corrected chi connectivity index (χ1v) is 7.67. The van der Waals surface area contributed by atoms with Crippen molar-refractivity contribution in [1.29, 1.82) is 0 Å². The van der Waals surface area contributed by atoms with Crippen molar-refractivity contribution in [1.82, 2.24) is 0 Å². The maximum Gasteiger partial charge on any atom is 0.0926 e. The molecule has 0 bridgehead atoms. The summed E-state index contributed by atoms with van der Waals surface area (Å²) in [5, 5.41) is 1.52. The van der Waals surface area contributed by atoms with Gasteiger partial charge in [-0.05, 0) is 30.2 Å². The van der Waals surface area contributed by atoms with Crippen molar-refractivity contribution >= 4 is 27.5 Å². The standard InChI is InChI=1S/C16H16BrClO/c1-12-4-2-6-14(8-12)16(10-17)19-11-13-5-3-7-15(18)9-13/h2-9,16H,10-11H2,1H3. The maximum atomic E-state index is 5.97. The molecule has 2 aromatic carbocycles. The third kappa shape index (κ3) is 4.34. The topological polar surface area (TPSA) is 9.23 Å². The fourth-order valence-corrected chi connectivity index (χ4v) is 2.70. The van der Waals surface area contributed by atoms with Crippen LogP contribution >= 0.6 is 27.5 Å². The van der Waals surface area contributed by atoms with Crippen molar-refractivity contribution in [2.75, 3.05) is 5.33 Å². The van der Waals surface area contributed by atoms with Crippen molar-refractivity contribution in [3.05, 3.63) is 70.2 Å². The van der Waals surface area contributed by atoms with E-state index in [0.717, 1.165) is 15.9 Å². The van der Waals surface area contributed by atoms with Gasteiger partial charge in [-0.3, -0.25) is 0 Å². The molecule has 1 atom stereocenters. The third-order valence-corrected chi connectivity index (χ3v) is 3.72. The van der Waals surface area contributed by atoms with E-state index in [4.69, 9.17) is 16.3 Å². The molecule has 0 N–H and O–H groups in total. The molecule has 2 aromatic rings. The second-order valence-electron chi connectivity index (χ2n) is 4.50.